The van der Waals surface area contributed by atoms with Crippen LogP contribution in [0.3, 0.4) is 0 Å². The van der Waals surface area contributed by atoms with E-state index in [1.54, 1.807) is 60.7 Å². The maximum atomic E-state index is 13.9. The minimum absolute atomic E-state index is 0.0434. The van der Waals surface area contributed by atoms with Crippen LogP contribution in [0, 0.1) is 5.82 Å². The topological polar surface area (TPSA) is 66.8 Å². The highest BCUT2D eigenvalue weighted by molar-refractivity contribution is 6.30. The number of amides is 1. The van der Waals surface area contributed by atoms with Gasteiger partial charge in [-0.05, 0) is 59.5 Å². The number of halogens is 3. The molecule has 0 bridgehead atoms. The lowest BCUT2D eigenvalue weighted by Gasteiger charge is -2.47. The highest BCUT2D eigenvalue weighted by atomic mass is 35.5. The minimum Gasteiger partial charge on any atom is -0.480 e. The van der Waals surface area contributed by atoms with Crippen LogP contribution in [0.1, 0.15) is 35.3 Å². The molecule has 1 aliphatic heterocycles. The van der Waals surface area contributed by atoms with Crippen molar-refractivity contribution in [3.8, 4) is 0 Å². The first-order chi connectivity index (χ1) is 17.3. The molecule has 0 unspecified atom stereocenters. The van der Waals surface area contributed by atoms with Crippen molar-refractivity contribution < 1.29 is 23.8 Å². The van der Waals surface area contributed by atoms with Crippen molar-refractivity contribution in [2.24, 2.45) is 0 Å². The van der Waals surface area contributed by atoms with Crippen LogP contribution in [0.2, 0.25) is 10.0 Å². The second-order valence-corrected chi connectivity index (χ2v) is 9.42. The van der Waals surface area contributed by atoms with E-state index >= 15 is 0 Å². The summed E-state index contributed by atoms with van der Waals surface area (Å²) in [6, 6.07) is 17.8. The van der Waals surface area contributed by atoms with Gasteiger partial charge < -0.3 is 14.7 Å². The van der Waals surface area contributed by atoms with E-state index in [2.05, 4.69) is 6.58 Å². The van der Waals surface area contributed by atoms with Crippen LogP contribution < -0.4 is 0 Å². The van der Waals surface area contributed by atoms with Gasteiger partial charge in [0.25, 0.3) is 5.91 Å². The van der Waals surface area contributed by atoms with Crippen LogP contribution in [-0.2, 0) is 20.7 Å². The van der Waals surface area contributed by atoms with Gasteiger partial charge in [0.1, 0.15) is 24.1 Å². The monoisotopic (exact) mass is 527 g/mol. The van der Waals surface area contributed by atoms with Gasteiger partial charge in [0.15, 0.2) is 0 Å². The molecule has 1 amide bonds. The first kappa shape index (κ1) is 25.9. The molecule has 0 radical (unpaired) electrons. The number of aliphatic carboxylic acids is 1. The number of carboxylic acid groups (broad SMARTS) is 1. The lowest BCUT2D eigenvalue weighted by molar-refractivity contribution is -0.184. The molecule has 0 saturated carbocycles. The zero-order valence-corrected chi connectivity index (χ0v) is 20.7. The van der Waals surface area contributed by atoms with Crippen LogP contribution in [0.15, 0.2) is 85.5 Å². The van der Waals surface area contributed by atoms with E-state index in [4.69, 9.17) is 27.9 Å². The van der Waals surface area contributed by atoms with Gasteiger partial charge in [-0.3, -0.25) is 4.79 Å². The number of nitrogens with zero attached hydrogens (tertiary/aromatic N) is 1. The SMILES string of the molecule is C=CC[C@H](C(=O)O)N1C(=O)[C@H](Cc2ccc(F)cc2)O[C@@H](c2ccc(Cl)cc2)[C@H]1c1ccc(Cl)cc1. The maximum Gasteiger partial charge on any atom is 0.326 e. The summed E-state index contributed by atoms with van der Waals surface area (Å²) in [5.41, 5.74) is 2.08. The first-order valence-corrected chi connectivity index (χ1v) is 12.1. The van der Waals surface area contributed by atoms with Gasteiger partial charge in [0.05, 0.1) is 6.04 Å². The summed E-state index contributed by atoms with van der Waals surface area (Å²) in [4.78, 5) is 27.7. The summed E-state index contributed by atoms with van der Waals surface area (Å²) in [5, 5.41) is 11.2. The van der Waals surface area contributed by atoms with Crippen molar-refractivity contribution in [3.05, 3.63) is 118 Å². The highest BCUT2D eigenvalue weighted by Gasteiger charge is 2.48. The number of ether oxygens (including phenoxy) is 1. The Labute approximate surface area is 218 Å². The zero-order chi connectivity index (χ0) is 25.8. The van der Waals surface area contributed by atoms with Crippen molar-refractivity contribution in [1.29, 1.82) is 0 Å². The number of benzene rings is 3. The Morgan fingerprint density at radius 1 is 1.00 bits per heavy atom. The highest BCUT2D eigenvalue weighted by Crippen LogP contribution is 2.44. The van der Waals surface area contributed by atoms with Gasteiger partial charge in [0.2, 0.25) is 0 Å². The summed E-state index contributed by atoms with van der Waals surface area (Å²) in [5.74, 6) is -2.02. The number of morpholine rings is 1. The Hall–Kier alpha value is -3.19. The van der Waals surface area contributed by atoms with Crippen molar-refractivity contribution in [2.75, 3.05) is 0 Å². The lowest BCUT2D eigenvalue weighted by atomic mass is 9.89. The summed E-state index contributed by atoms with van der Waals surface area (Å²) in [6.07, 6.45) is -0.0354. The van der Waals surface area contributed by atoms with Crippen LogP contribution in [0.4, 0.5) is 4.39 Å². The van der Waals surface area contributed by atoms with Gasteiger partial charge in [-0.25, -0.2) is 9.18 Å². The van der Waals surface area contributed by atoms with Gasteiger partial charge in [-0.1, -0.05) is 65.7 Å². The number of carbonyl (C=O) groups excluding carboxylic acids is 1. The van der Waals surface area contributed by atoms with E-state index in [1.165, 1.54) is 23.1 Å². The van der Waals surface area contributed by atoms with E-state index < -0.39 is 42.0 Å². The fourth-order valence-electron chi connectivity index (χ4n) is 4.48. The van der Waals surface area contributed by atoms with E-state index in [0.717, 1.165) is 5.56 Å². The number of carboxylic acids is 1. The molecule has 5 nitrogen and oxygen atoms in total. The molecule has 36 heavy (non-hydrogen) atoms. The number of hydrogen-bond acceptors (Lipinski definition) is 3. The van der Waals surface area contributed by atoms with E-state index in [0.29, 0.717) is 21.2 Å². The van der Waals surface area contributed by atoms with E-state index in [-0.39, 0.29) is 12.8 Å². The molecular weight excluding hydrogens is 504 g/mol. The Balaban J connectivity index is 1.85. The molecular formula is C28H24Cl2FNO4. The Morgan fingerprint density at radius 2 is 1.56 bits per heavy atom. The molecule has 1 heterocycles. The van der Waals surface area contributed by atoms with Crippen molar-refractivity contribution in [2.45, 2.75) is 37.1 Å². The Morgan fingerprint density at radius 3 is 2.08 bits per heavy atom. The zero-order valence-electron chi connectivity index (χ0n) is 19.2. The largest absolute Gasteiger partial charge is 0.480 e. The van der Waals surface area contributed by atoms with Crippen LogP contribution in [-0.4, -0.2) is 34.0 Å². The number of carbonyl (C=O) groups is 2. The van der Waals surface area contributed by atoms with Crippen LogP contribution in [0.5, 0.6) is 0 Å². The fraction of sp³-hybridized carbons (Fsp3) is 0.214. The molecule has 1 fully saturated rings. The second kappa shape index (κ2) is 11.2. The average Bonchev–Trinajstić information content (AvgIpc) is 2.86. The summed E-state index contributed by atoms with van der Waals surface area (Å²) < 4.78 is 19.9. The smallest absolute Gasteiger partial charge is 0.326 e. The van der Waals surface area contributed by atoms with Gasteiger partial charge in [-0.15, -0.1) is 6.58 Å². The average molecular weight is 528 g/mol. The van der Waals surface area contributed by atoms with Crippen LogP contribution >= 0.6 is 23.2 Å². The third-order valence-electron chi connectivity index (χ3n) is 6.18. The standard InChI is InChI=1S/C28H24Cl2FNO4/c1-2-3-23(28(34)35)32-25(18-6-10-20(29)11-7-18)26(19-8-12-21(30)13-9-19)36-24(27(32)33)16-17-4-14-22(31)15-5-17/h2,4-15,23-26H,1,3,16H2,(H,34,35)/t23-,24+,25-,26+/m1/s1. The molecule has 8 heteroatoms. The molecule has 3 aromatic rings. The molecule has 4 atom stereocenters. The first-order valence-electron chi connectivity index (χ1n) is 11.3. The normalized spacial score (nSPS) is 20.7. The second-order valence-electron chi connectivity index (χ2n) is 8.55. The fourth-order valence-corrected chi connectivity index (χ4v) is 4.73. The third kappa shape index (κ3) is 5.62. The molecule has 0 aliphatic carbocycles. The van der Waals surface area contributed by atoms with E-state index in [9.17, 15) is 19.1 Å². The van der Waals surface area contributed by atoms with Crippen LogP contribution in [0.25, 0.3) is 0 Å². The summed E-state index contributed by atoms with van der Waals surface area (Å²) in [7, 11) is 0. The van der Waals surface area contributed by atoms with Crippen molar-refractivity contribution in [1.82, 2.24) is 4.90 Å². The molecule has 0 aromatic heterocycles. The molecule has 186 valence electrons. The van der Waals surface area contributed by atoms with Crippen molar-refractivity contribution in [3.63, 3.8) is 0 Å². The van der Waals surface area contributed by atoms with Gasteiger partial charge in [0, 0.05) is 16.5 Å². The quantitative estimate of drug-likeness (QED) is 0.343. The number of hydrogen-bond donors (Lipinski definition) is 1. The predicted octanol–water partition coefficient (Wildman–Crippen LogP) is 6.41. The molecule has 1 saturated heterocycles. The Kier molecular flexibility index (Phi) is 8.09. The lowest BCUT2D eigenvalue weighted by Crippen LogP contribution is -2.57. The maximum absolute atomic E-state index is 13.9. The minimum atomic E-state index is -1.18. The van der Waals surface area contributed by atoms with Gasteiger partial charge in [-0.2, -0.15) is 0 Å². The van der Waals surface area contributed by atoms with E-state index in [1.807, 2.05) is 0 Å². The van der Waals surface area contributed by atoms with Gasteiger partial charge >= 0.3 is 5.97 Å². The Bertz CT molecular complexity index is 1230. The summed E-state index contributed by atoms with van der Waals surface area (Å²) >= 11 is 12.2. The molecule has 1 aliphatic rings. The number of rotatable bonds is 8. The molecule has 4 rings (SSSR count). The molecule has 1 N–H and O–H groups in total. The predicted molar refractivity (Wildman–Crippen MR) is 136 cm³/mol. The summed E-state index contributed by atoms with van der Waals surface area (Å²) in [6.45, 7) is 3.69. The molecule has 0 spiro atoms. The van der Waals surface area contributed by atoms with Crippen molar-refractivity contribution >= 4 is 35.1 Å². The third-order valence-corrected chi connectivity index (χ3v) is 6.69. The molecule has 3 aromatic carbocycles.